The smallest absolute Gasteiger partial charge is 0.136 e. The summed E-state index contributed by atoms with van der Waals surface area (Å²) in [6.45, 7) is 5.48. The summed E-state index contributed by atoms with van der Waals surface area (Å²) in [5.74, 6) is 2.15. The van der Waals surface area contributed by atoms with Gasteiger partial charge < -0.3 is 20.1 Å². The van der Waals surface area contributed by atoms with Crippen molar-refractivity contribution in [3.8, 4) is 28.7 Å². The highest BCUT2D eigenvalue weighted by Gasteiger charge is 2.16. The lowest BCUT2D eigenvalue weighted by molar-refractivity contribution is 0.122. The molecule has 0 unspecified atom stereocenters. The van der Waals surface area contributed by atoms with E-state index in [0.717, 1.165) is 47.8 Å². The second kappa shape index (κ2) is 9.56. The number of rotatable bonds is 6. The first-order chi connectivity index (χ1) is 15.2. The Morgan fingerprint density at radius 2 is 2.00 bits per heavy atom. The molecule has 1 saturated heterocycles. The molecule has 31 heavy (non-hydrogen) atoms. The molecule has 2 aromatic heterocycles. The normalized spacial score (nSPS) is 13.6. The summed E-state index contributed by atoms with van der Waals surface area (Å²) >= 11 is 0. The zero-order chi connectivity index (χ0) is 21.6. The van der Waals surface area contributed by atoms with Crippen LogP contribution in [0.5, 0.6) is 11.5 Å². The van der Waals surface area contributed by atoms with E-state index in [4.69, 9.17) is 15.2 Å². The molecule has 0 radical (unpaired) electrons. The summed E-state index contributed by atoms with van der Waals surface area (Å²) in [5.41, 5.74) is 9.75. The molecule has 4 rings (SSSR count). The Labute approximate surface area is 182 Å². The van der Waals surface area contributed by atoms with E-state index in [2.05, 4.69) is 20.9 Å². The zero-order valence-electron chi connectivity index (χ0n) is 17.5. The van der Waals surface area contributed by atoms with E-state index in [0.29, 0.717) is 36.8 Å². The predicted molar refractivity (Wildman–Crippen MR) is 119 cm³/mol. The van der Waals surface area contributed by atoms with Crippen LogP contribution in [0.2, 0.25) is 0 Å². The van der Waals surface area contributed by atoms with Crippen LogP contribution in [0.1, 0.15) is 17.0 Å². The van der Waals surface area contributed by atoms with Crippen LogP contribution in [0.4, 0.5) is 5.82 Å². The fourth-order valence-electron chi connectivity index (χ4n) is 3.55. The minimum atomic E-state index is 0.533. The molecular weight excluding hydrogens is 390 g/mol. The Hall–Kier alpha value is -3.47. The van der Waals surface area contributed by atoms with Crippen LogP contribution in [0.3, 0.4) is 0 Å². The van der Waals surface area contributed by atoms with Crippen molar-refractivity contribution < 1.29 is 9.47 Å². The Kier molecular flexibility index (Phi) is 6.41. The minimum absolute atomic E-state index is 0.533. The van der Waals surface area contributed by atoms with Crippen molar-refractivity contribution in [2.45, 2.75) is 13.3 Å². The number of aryl methyl sites for hydroxylation is 1. The third-order valence-electron chi connectivity index (χ3n) is 5.12. The van der Waals surface area contributed by atoms with E-state index in [1.54, 1.807) is 12.1 Å². The molecule has 1 aromatic carbocycles. The molecular formula is C24H25N5O2. The number of nitrogens with two attached hydrogens (primary N) is 1. The first-order valence-electron chi connectivity index (χ1n) is 10.3. The highest BCUT2D eigenvalue weighted by molar-refractivity contribution is 5.71. The third-order valence-corrected chi connectivity index (χ3v) is 5.12. The van der Waals surface area contributed by atoms with Gasteiger partial charge in [0.2, 0.25) is 0 Å². The number of ether oxygens (including phenoxy) is 2. The molecule has 3 aromatic rings. The second-order valence-corrected chi connectivity index (χ2v) is 7.40. The van der Waals surface area contributed by atoms with Crippen molar-refractivity contribution in [1.82, 2.24) is 9.97 Å². The fraction of sp³-hybridized carbons (Fsp3) is 0.292. The number of hydrogen-bond acceptors (Lipinski definition) is 7. The highest BCUT2D eigenvalue weighted by atomic mass is 16.5. The maximum absolute atomic E-state index is 9.39. The highest BCUT2D eigenvalue weighted by Crippen LogP contribution is 2.35. The van der Waals surface area contributed by atoms with E-state index >= 15 is 0 Å². The summed E-state index contributed by atoms with van der Waals surface area (Å²) in [5, 5.41) is 9.39. The second-order valence-electron chi connectivity index (χ2n) is 7.40. The summed E-state index contributed by atoms with van der Waals surface area (Å²) in [6, 6.07) is 15.4. The van der Waals surface area contributed by atoms with Gasteiger partial charge in [0.25, 0.3) is 0 Å². The molecule has 0 spiro atoms. The number of pyridine rings is 2. The Balaban J connectivity index is 1.67. The molecule has 0 saturated carbocycles. The predicted octanol–water partition coefficient (Wildman–Crippen LogP) is 3.45. The van der Waals surface area contributed by atoms with Crippen LogP contribution in [0, 0.1) is 18.3 Å². The summed E-state index contributed by atoms with van der Waals surface area (Å²) in [6.07, 6.45) is 2.55. The number of hydrogen-bond donors (Lipinski definition) is 1. The van der Waals surface area contributed by atoms with Crippen LogP contribution in [-0.2, 0) is 11.2 Å². The van der Waals surface area contributed by atoms with Gasteiger partial charge in [-0.1, -0.05) is 6.07 Å². The average molecular weight is 415 g/mol. The molecule has 158 valence electrons. The lowest BCUT2D eigenvalue weighted by Gasteiger charge is -2.28. The molecule has 3 heterocycles. The van der Waals surface area contributed by atoms with Crippen LogP contribution in [0.25, 0.3) is 11.1 Å². The summed E-state index contributed by atoms with van der Waals surface area (Å²) in [7, 11) is 0. The van der Waals surface area contributed by atoms with Gasteiger partial charge in [0, 0.05) is 60.4 Å². The summed E-state index contributed by atoms with van der Waals surface area (Å²) < 4.78 is 11.7. The van der Waals surface area contributed by atoms with Crippen molar-refractivity contribution in [2.75, 3.05) is 37.7 Å². The Morgan fingerprint density at radius 1 is 1.16 bits per heavy atom. The molecule has 0 amide bonds. The lowest BCUT2D eigenvalue weighted by atomic mass is 10.0. The van der Waals surface area contributed by atoms with Gasteiger partial charge in [0.15, 0.2) is 0 Å². The number of nitrogens with zero attached hydrogens (tertiary/aromatic N) is 4. The molecule has 0 aliphatic carbocycles. The SMILES string of the molecule is Cc1cc(Oc2cc(C#N)ccc2-c2ccc(CCN)nc2)cc(N2CCOCC2)n1. The number of aromatic nitrogens is 2. The van der Waals surface area contributed by atoms with E-state index in [9.17, 15) is 5.26 Å². The van der Waals surface area contributed by atoms with Crippen molar-refractivity contribution in [1.29, 1.82) is 5.26 Å². The standard InChI is InChI=1S/C24H25N5O2/c1-17-12-21(14-24(28-17)29-8-10-30-11-9-29)31-23-13-18(15-26)2-5-22(23)19-3-4-20(6-7-25)27-16-19/h2-5,12-14,16H,6-11,25H2,1H3. The first kappa shape index (κ1) is 20.8. The van der Waals surface area contributed by atoms with Crippen molar-refractivity contribution in [3.05, 3.63) is 65.6 Å². The van der Waals surface area contributed by atoms with Gasteiger partial charge >= 0.3 is 0 Å². The number of nitriles is 1. The molecule has 1 aliphatic heterocycles. The van der Waals surface area contributed by atoms with E-state index in [1.807, 2.05) is 43.5 Å². The number of benzene rings is 1. The average Bonchev–Trinajstić information content (AvgIpc) is 2.80. The van der Waals surface area contributed by atoms with Gasteiger partial charge in [-0.05, 0) is 37.7 Å². The number of morpholine rings is 1. The molecule has 7 heteroatoms. The first-order valence-corrected chi connectivity index (χ1v) is 10.3. The molecule has 0 bridgehead atoms. The van der Waals surface area contributed by atoms with Gasteiger partial charge in [-0.2, -0.15) is 5.26 Å². The Morgan fingerprint density at radius 3 is 2.71 bits per heavy atom. The fourth-order valence-corrected chi connectivity index (χ4v) is 3.55. The van der Waals surface area contributed by atoms with Crippen LogP contribution < -0.4 is 15.4 Å². The van der Waals surface area contributed by atoms with Crippen LogP contribution in [-0.4, -0.2) is 42.8 Å². The number of anilines is 1. The van der Waals surface area contributed by atoms with Gasteiger partial charge in [-0.25, -0.2) is 4.98 Å². The van der Waals surface area contributed by atoms with Crippen molar-refractivity contribution in [3.63, 3.8) is 0 Å². The quantitative estimate of drug-likeness (QED) is 0.658. The van der Waals surface area contributed by atoms with E-state index in [-0.39, 0.29) is 0 Å². The van der Waals surface area contributed by atoms with Crippen LogP contribution >= 0.6 is 0 Å². The monoisotopic (exact) mass is 415 g/mol. The largest absolute Gasteiger partial charge is 0.456 e. The maximum atomic E-state index is 9.39. The molecule has 0 atom stereocenters. The molecule has 7 nitrogen and oxygen atoms in total. The van der Waals surface area contributed by atoms with Gasteiger partial charge in [-0.15, -0.1) is 0 Å². The molecule has 2 N–H and O–H groups in total. The zero-order valence-corrected chi connectivity index (χ0v) is 17.5. The van der Waals surface area contributed by atoms with Crippen LogP contribution in [0.15, 0.2) is 48.7 Å². The maximum Gasteiger partial charge on any atom is 0.136 e. The molecule has 1 aliphatic rings. The molecule has 1 fully saturated rings. The van der Waals surface area contributed by atoms with Crippen molar-refractivity contribution >= 4 is 5.82 Å². The summed E-state index contributed by atoms with van der Waals surface area (Å²) in [4.78, 5) is 11.3. The topological polar surface area (TPSA) is 97.3 Å². The van der Waals surface area contributed by atoms with Gasteiger partial charge in [-0.3, -0.25) is 4.98 Å². The van der Waals surface area contributed by atoms with Crippen molar-refractivity contribution in [2.24, 2.45) is 5.73 Å². The van der Waals surface area contributed by atoms with Gasteiger partial charge in [0.05, 0.1) is 24.8 Å². The third kappa shape index (κ3) is 5.00. The Bertz CT molecular complexity index is 1090. The minimum Gasteiger partial charge on any atom is -0.456 e. The van der Waals surface area contributed by atoms with Gasteiger partial charge in [0.1, 0.15) is 17.3 Å². The van der Waals surface area contributed by atoms with E-state index in [1.165, 1.54) is 0 Å². The van der Waals surface area contributed by atoms with E-state index < -0.39 is 0 Å². The lowest BCUT2D eigenvalue weighted by Crippen LogP contribution is -2.36.